The topological polar surface area (TPSA) is 79.3 Å². The fourth-order valence-electron chi connectivity index (χ4n) is 4.29. The van der Waals surface area contributed by atoms with Gasteiger partial charge in [0.1, 0.15) is 11.5 Å². The third kappa shape index (κ3) is 5.10. The van der Waals surface area contributed by atoms with Crippen LogP contribution in [0.25, 0.3) is 5.76 Å². The Morgan fingerprint density at radius 3 is 2.33 bits per heavy atom. The molecule has 174 valence electrons. The Balaban J connectivity index is 1.67. The number of nitrogens with zero attached hydrogens (tertiary/aromatic N) is 2. The summed E-state index contributed by atoms with van der Waals surface area (Å²) < 4.78 is 11.1. The van der Waals surface area contributed by atoms with Crippen molar-refractivity contribution in [3.05, 3.63) is 71.3 Å². The lowest BCUT2D eigenvalue weighted by Crippen LogP contribution is -2.42. The van der Waals surface area contributed by atoms with Crippen molar-refractivity contribution in [2.24, 2.45) is 0 Å². The second-order valence-electron chi connectivity index (χ2n) is 8.55. The predicted octanol–water partition coefficient (Wildman–Crippen LogP) is 3.23. The fraction of sp³-hybridized carbons (Fsp3) is 0.385. The Bertz CT molecular complexity index is 1010. The molecule has 2 heterocycles. The molecule has 4 rings (SSSR count). The number of benzene rings is 2. The normalized spacial score (nSPS) is 21.1. The first-order chi connectivity index (χ1) is 16.0. The number of morpholine rings is 1. The van der Waals surface area contributed by atoms with Gasteiger partial charge in [0, 0.05) is 31.7 Å². The average Bonchev–Trinajstić information content (AvgIpc) is 3.08. The number of rotatable bonds is 7. The van der Waals surface area contributed by atoms with Crippen molar-refractivity contribution in [1.29, 1.82) is 0 Å². The fourth-order valence-corrected chi connectivity index (χ4v) is 4.29. The number of amides is 1. The molecule has 0 aliphatic carbocycles. The molecule has 2 aliphatic rings. The molecule has 1 N–H and O–H groups in total. The van der Waals surface area contributed by atoms with Crippen LogP contribution in [0.15, 0.2) is 60.2 Å². The summed E-state index contributed by atoms with van der Waals surface area (Å²) in [6.07, 6.45) is 0.0271. The number of likely N-dealkylation sites (tertiary alicyclic amines) is 1. The molecule has 0 bridgehead atoms. The van der Waals surface area contributed by atoms with Crippen LogP contribution in [0, 0.1) is 0 Å². The minimum atomic E-state index is -0.661. The number of aliphatic hydroxyl groups is 1. The minimum absolute atomic E-state index is 0.0271. The van der Waals surface area contributed by atoms with Gasteiger partial charge in [-0.3, -0.25) is 14.5 Å². The first-order valence-electron chi connectivity index (χ1n) is 11.4. The maximum absolute atomic E-state index is 13.1. The number of ether oxygens (including phenoxy) is 2. The third-order valence-corrected chi connectivity index (χ3v) is 5.92. The van der Waals surface area contributed by atoms with E-state index in [1.807, 2.05) is 44.2 Å². The predicted molar refractivity (Wildman–Crippen MR) is 125 cm³/mol. The van der Waals surface area contributed by atoms with Gasteiger partial charge in [-0.2, -0.15) is 0 Å². The lowest BCUT2D eigenvalue weighted by atomic mass is 9.95. The summed E-state index contributed by atoms with van der Waals surface area (Å²) in [4.78, 5) is 30.0. The van der Waals surface area contributed by atoms with E-state index in [0.717, 1.165) is 18.7 Å². The molecule has 2 fully saturated rings. The smallest absolute Gasteiger partial charge is 0.295 e. The molecule has 0 spiro atoms. The van der Waals surface area contributed by atoms with Gasteiger partial charge in [-0.1, -0.05) is 30.3 Å². The number of carbonyl (C=O) groups is 2. The molecule has 2 aliphatic heterocycles. The first kappa shape index (κ1) is 23.0. The average molecular weight is 451 g/mol. The van der Waals surface area contributed by atoms with Crippen LogP contribution in [0.1, 0.15) is 31.0 Å². The van der Waals surface area contributed by atoms with Gasteiger partial charge in [0.15, 0.2) is 0 Å². The highest BCUT2D eigenvalue weighted by Crippen LogP contribution is 2.39. The van der Waals surface area contributed by atoms with Crippen LogP contribution >= 0.6 is 0 Å². The van der Waals surface area contributed by atoms with Gasteiger partial charge in [0.2, 0.25) is 0 Å². The van der Waals surface area contributed by atoms with Crippen molar-refractivity contribution >= 4 is 17.4 Å². The third-order valence-electron chi connectivity index (χ3n) is 5.92. The monoisotopic (exact) mass is 450 g/mol. The van der Waals surface area contributed by atoms with E-state index < -0.39 is 17.7 Å². The number of aliphatic hydroxyl groups excluding tert-OH is 1. The molecular weight excluding hydrogens is 420 g/mol. The lowest BCUT2D eigenvalue weighted by Gasteiger charge is -2.31. The van der Waals surface area contributed by atoms with Crippen molar-refractivity contribution in [3.63, 3.8) is 0 Å². The Morgan fingerprint density at radius 1 is 1.03 bits per heavy atom. The van der Waals surface area contributed by atoms with Gasteiger partial charge in [0.25, 0.3) is 11.7 Å². The van der Waals surface area contributed by atoms with Crippen LogP contribution in [-0.4, -0.2) is 72.1 Å². The van der Waals surface area contributed by atoms with E-state index in [4.69, 9.17) is 9.47 Å². The first-order valence-corrected chi connectivity index (χ1v) is 11.4. The van der Waals surface area contributed by atoms with Crippen molar-refractivity contribution in [2.45, 2.75) is 26.0 Å². The number of Topliss-reactive ketones (excluding diaryl/α,β-unsaturated/α-hetero) is 1. The lowest BCUT2D eigenvalue weighted by molar-refractivity contribution is -0.140. The molecular formula is C26H30N2O5. The van der Waals surface area contributed by atoms with E-state index in [2.05, 4.69) is 4.90 Å². The van der Waals surface area contributed by atoms with E-state index in [9.17, 15) is 14.7 Å². The van der Waals surface area contributed by atoms with Gasteiger partial charge < -0.3 is 19.5 Å². The van der Waals surface area contributed by atoms with Crippen LogP contribution in [0.3, 0.4) is 0 Å². The molecule has 0 radical (unpaired) electrons. The Kier molecular flexibility index (Phi) is 7.11. The summed E-state index contributed by atoms with van der Waals surface area (Å²) in [5.74, 6) is -0.747. The summed E-state index contributed by atoms with van der Waals surface area (Å²) in [5.41, 5.74) is 1.38. The summed E-state index contributed by atoms with van der Waals surface area (Å²) in [6.45, 7) is 7.83. The van der Waals surface area contributed by atoms with Gasteiger partial charge in [-0.25, -0.2) is 0 Å². The molecule has 7 heteroatoms. The number of hydrogen-bond donors (Lipinski definition) is 1. The zero-order valence-corrected chi connectivity index (χ0v) is 19.1. The van der Waals surface area contributed by atoms with E-state index in [1.165, 1.54) is 0 Å². The van der Waals surface area contributed by atoms with E-state index in [1.54, 1.807) is 29.2 Å². The molecule has 2 aromatic rings. The molecule has 2 aromatic carbocycles. The summed E-state index contributed by atoms with van der Waals surface area (Å²) in [7, 11) is 0. The highest BCUT2D eigenvalue weighted by atomic mass is 16.5. The molecule has 0 saturated carbocycles. The second-order valence-corrected chi connectivity index (χ2v) is 8.55. The Morgan fingerprint density at radius 2 is 1.70 bits per heavy atom. The Hall–Kier alpha value is -3.16. The van der Waals surface area contributed by atoms with Crippen LogP contribution in [-0.2, 0) is 14.3 Å². The highest BCUT2D eigenvalue weighted by Gasteiger charge is 2.45. The summed E-state index contributed by atoms with van der Waals surface area (Å²) in [5, 5.41) is 11.2. The zero-order valence-electron chi connectivity index (χ0n) is 19.1. The van der Waals surface area contributed by atoms with Gasteiger partial charge in [0.05, 0.1) is 30.9 Å². The summed E-state index contributed by atoms with van der Waals surface area (Å²) >= 11 is 0. The second kappa shape index (κ2) is 10.2. The number of ketones is 1. The number of hydrogen-bond acceptors (Lipinski definition) is 6. The van der Waals surface area contributed by atoms with E-state index >= 15 is 0 Å². The minimum Gasteiger partial charge on any atom is -0.507 e. The van der Waals surface area contributed by atoms with Crippen molar-refractivity contribution in [2.75, 3.05) is 39.4 Å². The molecule has 7 nitrogen and oxygen atoms in total. The molecule has 1 atom stereocenters. The standard InChI is InChI=1S/C26H30N2O5/c1-18(2)33-21-10-8-20(9-11-21)24(29)22-23(19-6-4-3-5-7-19)28(26(31)25(22)30)13-12-27-14-16-32-17-15-27/h3-11,18,23,29H,12-17H2,1-2H3/b24-22+/t23-/m1/s1. The SMILES string of the molecule is CC(C)Oc1ccc(/C(O)=C2\C(=O)C(=O)N(CCN3CCOCC3)[C@@H]2c2ccccc2)cc1. The Labute approximate surface area is 194 Å². The molecule has 0 unspecified atom stereocenters. The van der Waals surface area contributed by atoms with Crippen molar-refractivity contribution < 1.29 is 24.2 Å². The van der Waals surface area contributed by atoms with Gasteiger partial charge in [-0.05, 0) is 43.7 Å². The van der Waals surface area contributed by atoms with Gasteiger partial charge >= 0.3 is 0 Å². The summed E-state index contributed by atoms with van der Waals surface area (Å²) in [6, 6.07) is 15.7. The van der Waals surface area contributed by atoms with Crippen LogP contribution in [0.4, 0.5) is 0 Å². The highest BCUT2D eigenvalue weighted by molar-refractivity contribution is 6.46. The molecule has 1 amide bonds. The molecule has 2 saturated heterocycles. The van der Waals surface area contributed by atoms with E-state index in [-0.39, 0.29) is 17.4 Å². The van der Waals surface area contributed by atoms with Gasteiger partial charge in [-0.15, -0.1) is 0 Å². The molecule has 33 heavy (non-hydrogen) atoms. The molecule has 0 aromatic heterocycles. The van der Waals surface area contributed by atoms with Crippen LogP contribution in [0.5, 0.6) is 5.75 Å². The maximum atomic E-state index is 13.1. The number of carbonyl (C=O) groups excluding carboxylic acids is 2. The maximum Gasteiger partial charge on any atom is 0.295 e. The van der Waals surface area contributed by atoms with Crippen LogP contribution < -0.4 is 4.74 Å². The van der Waals surface area contributed by atoms with Crippen LogP contribution in [0.2, 0.25) is 0 Å². The quantitative estimate of drug-likeness (QED) is 0.396. The van der Waals surface area contributed by atoms with E-state index in [0.29, 0.717) is 37.6 Å². The van der Waals surface area contributed by atoms with Crippen molar-refractivity contribution in [1.82, 2.24) is 9.80 Å². The van der Waals surface area contributed by atoms with Crippen molar-refractivity contribution in [3.8, 4) is 5.75 Å². The largest absolute Gasteiger partial charge is 0.507 e. The zero-order chi connectivity index (χ0) is 23.4.